The Balaban J connectivity index is 2.31. The van der Waals surface area contributed by atoms with Gasteiger partial charge < -0.3 is 5.32 Å². The molecule has 1 rings (SSSR count). The van der Waals surface area contributed by atoms with E-state index in [1.54, 1.807) is 11.3 Å². The molecule has 1 aromatic heterocycles. The molecular weight excluding hydrogens is 398 g/mol. The third-order valence-corrected chi connectivity index (χ3v) is 5.99. The highest BCUT2D eigenvalue weighted by Gasteiger charge is 2.15. The summed E-state index contributed by atoms with van der Waals surface area (Å²) in [5.74, 6) is 0. The van der Waals surface area contributed by atoms with E-state index in [0.29, 0.717) is 6.04 Å². The molecule has 116 valence electrons. The number of thiophene rings is 1. The average Bonchev–Trinajstić information content (AvgIpc) is 2.75. The summed E-state index contributed by atoms with van der Waals surface area (Å²) in [5, 5.41) is 3.62. The maximum atomic E-state index is 3.69. The fourth-order valence-corrected chi connectivity index (χ4v) is 5.48. The summed E-state index contributed by atoms with van der Waals surface area (Å²) in [6.45, 7) is 5.49. The van der Waals surface area contributed by atoms with Crippen molar-refractivity contribution < 1.29 is 0 Å². The van der Waals surface area contributed by atoms with Gasteiger partial charge in [-0.25, -0.2) is 0 Å². The fraction of sp³-hybridized carbons (Fsp3) is 0.750. The van der Waals surface area contributed by atoms with E-state index >= 15 is 0 Å². The van der Waals surface area contributed by atoms with Crippen LogP contribution in [0.3, 0.4) is 0 Å². The lowest BCUT2D eigenvalue weighted by molar-refractivity contribution is 0.475. The average molecular weight is 425 g/mol. The van der Waals surface area contributed by atoms with Crippen molar-refractivity contribution in [1.82, 2.24) is 5.32 Å². The highest BCUT2D eigenvalue weighted by molar-refractivity contribution is 9.12. The van der Waals surface area contributed by atoms with Gasteiger partial charge in [-0.15, -0.1) is 11.3 Å². The maximum absolute atomic E-state index is 3.69. The number of rotatable bonds is 11. The van der Waals surface area contributed by atoms with E-state index in [1.807, 2.05) is 0 Å². The third-order valence-electron chi connectivity index (χ3n) is 3.61. The molecule has 0 saturated carbocycles. The minimum absolute atomic E-state index is 0.493. The summed E-state index contributed by atoms with van der Waals surface area (Å²) in [6.07, 6.45) is 10.9. The zero-order valence-electron chi connectivity index (χ0n) is 12.7. The number of hydrogen-bond donors (Lipinski definition) is 1. The predicted octanol–water partition coefficient (Wildman–Crippen LogP) is 7.06. The van der Waals surface area contributed by atoms with Crippen LogP contribution in [0.1, 0.15) is 76.8 Å². The van der Waals surface area contributed by atoms with Gasteiger partial charge in [0.1, 0.15) is 0 Å². The quantitative estimate of drug-likeness (QED) is 0.374. The van der Waals surface area contributed by atoms with Gasteiger partial charge in [0.2, 0.25) is 0 Å². The van der Waals surface area contributed by atoms with Crippen molar-refractivity contribution in [3.8, 4) is 0 Å². The molecule has 0 saturated heterocycles. The van der Waals surface area contributed by atoms with E-state index in [0.717, 1.165) is 6.54 Å². The Bertz CT molecular complexity index is 365. The predicted molar refractivity (Wildman–Crippen MR) is 98.7 cm³/mol. The highest BCUT2D eigenvalue weighted by atomic mass is 79.9. The molecule has 1 aromatic rings. The molecule has 0 aliphatic heterocycles. The minimum atomic E-state index is 0.493. The van der Waals surface area contributed by atoms with Gasteiger partial charge in [-0.3, -0.25) is 0 Å². The van der Waals surface area contributed by atoms with Gasteiger partial charge in [0, 0.05) is 6.04 Å². The number of halogens is 2. The smallest absolute Gasteiger partial charge is 0.0758 e. The Morgan fingerprint density at radius 3 is 2.25 bits per heavy atom. The second kappa shape index (κ2) is 11.2. The monoisotopic (exact) mass is 423 g/mol. The van der Waals surface area contributed by atoms with Crippen LogP contribution in [0.15, 0.2) is 13.6 Å². The first-order chi connectivity index (χ1) is 9.69. The molecule has 0 aliphatic carbocycles. The molecule has 0 aliphatic rings. The maximum Gasteiger partial charge on any atom is 0.0758 e. The molecule has 0 aromatic carbocycles. The van der Waals surface area contributed by atoms with Gasteiger partial charge in [-0.2, -0.15) is 0 Å². The second-order valence-electron chi connectivity index (χ2n) is 5.30. The van der Waals surface area contributed by atoms with Crippen molar-refractivity contribution in [2.24, 2.45) is 0 Å². The van der Waals surface area contributed by atoms with Crippen LogP contribution in [0.25, 0.3) is 0 Å². The molecule has 1 nitrogen and oxygen atoms in total. The Kier molecular flexibility index (Phi) is 10.5. The highest BCUT2D eigenvalue weighted by Crippen LogP contribution is 2.37. The molecule has 0 radical (unpaired) electrons. The van der Waals surface area contributed by atoms with E-state index in [-0.39, 0.29) is 0 Å². The van der Waals surface area contributed by atoms with Crippen LogP contribution < -0.4 is 5.32 Å². The van der Waals surface area contributed by atoms with Crippen LogP contribution in [-0.2, 0) is 0 Å². The summed E-state index contributed by atoms with van der Waals surface area (Å²) >= 11 is 9.04. The lowest BCUT2D eigenvalue weighted by Crippen LogP contribution is -2.20. The van der Waals surface area contributed by atoms with Gasteiger partial charge in [0.05, 0.1) is 7.57 Å². The second-order valence-corrected chi connectivity index (χ2v) is 9.05. The first kappa shape index (κ1) is 18.7. The fourth-order valence-electron chi connectivity index (χ4n) is 2.51. The molecule has 4 heteroatoms. The van der Waals surface area contributed by atoms with Gasteiger partial charge in [-0.05, 0) is 56.5 Å². The zero-order chi connectivity index (χ0) is 14.8. The summed E-state index contributed by atoms with van der Waals surface area (Å²) in [7, 11) is 0. The molecule has 1 atom stereocenters. The first-order valence-electron chi connectivity index (χ1n) is 7.87. The molecule has 20 heavy (non-hydrogen) atoms. The van der Waals surface area contributed by atoms with Gasteiger partial charge >= 0.3 is 0 Å². The van der Waals surface area contributed by atoms with Crippen LogP contribution in [0.5, 0.6) is 0 Å². The zero-order valence-corrected chi connectivity index (χ0v) is 16.7. The van der Waals surface area contributed by atoms with Crippen LogP contribution in [0.4, 0.5) is 0 Å². The van der Waals surface area contributed by atoms with Gasteiger partial charge in [0.15, 0.2) is 0 Å². The lowest BCUT2D eigenvalue weighted by atomic mass is 10.0. The summed E-state index contributed by atoms with van der Waals surface area (Å²) in [5.41, 5.74) is 1.41. The molecule has 0 fully saturated rings. The molecule has 0 spiro atoms. The lowest BCUT2D eigenvalue weighted by Gasteiger charge is -2.17. The summed E-state index contributed by atoms with van der Waals surface area (Å²) in [6, 6.07) is 2.75. The molecule has 0 amide bonds. The first-order valence-corrected chi connectivity index (χ1v) is 10.3. The Morgan fingerprint density at radius 1 is 1.05 bits per heavy atom. The number of unbranched alkanes of at least 4 members (excludes halogenated alkanes) is 6. The van der Waals surface area contributed by atoms with Crippen molar-refractivity contribution in [3.63, 3.8) is 0 Å². The minimum Gasteiger partial charge on any atom is -0.310 e. The number of nitrogens with one attached hydrogen (secondary N) is 1. The largest absolute Gasteiger partial charge is 0.310 e. The van der Waals surface area contributed by atoms with Gasteiger partial charge in [0.25, 0.3) is 0 Å². The van der Waals surface area contributed by atoms with Crippen LogP contribution in [-0.4, -0.2) is 6.54 Å². The topological polar surface area (TPSA) is 12.0 Å². The van der Waals surface area contributed by atoms with Crippen LogP contribution >= 0.6 is 43.2 Å². The van der Waals surface area contributed by atoms with Crippen molar-refractivity contribution in [3.05, 3.63) is 19.2 Å². The van der Waals surface area contributed by atoms with E-state index in [9.17, 15) is 0 Å². The van der Waals surface area contributed by atoms with Crippen molar-refractivity contribution in [1.29, 1.82) is 0 Å². The van der Waals surface area contributed by atoms with Gasteiger partial charge in [-0.1, -0.05) is 58.8 Å². The van der Waals surface area contributed by atoms with Crippen molar-refractivity contribution >= 4 is 43.2 Å². The van der Waals surface area contributed by atoms with E-state index in [4.69, 9.17) is 0 Å². The van der Waals surface area contributed by atoms with E-state index in [2.05, 4.69) is 57.1 Å². The Morgan fingerprint density at radius 2 is 1.70 bits per heavy atom. The van der Waals surface area contributed by atoms with Crippen molar-refractivity contribution in [2.75, 3.05) is 6.54 Å². The number of hydrogen-bond acceptors (Lipinski definition) is 2. The van der Waals surface area contributed by atoms with Crippen LogP contribution in [0, 0.1) is 0 Å². The SMILES string of the molecule is CCCCCCCCCC(NCC)c1cc(Br)sc1Br. The standard InChI is InChI=1S/C16H27Br2NS/c1-3-5-6-7-8-9-10-11-14(19-4-2)13-12-15(17)20-16(13)18/h12,14,19H,3-11H2,1-2H3. The molecule has 1 N–H and O–H groups in total. The van der Waals surface area contributed by atoms with Crippen LogP contribution in [0.2, 0.25) is 0 Å². The Hall–Kier alpha value is 0.620. The molecule has 1 unspecified atom stereocenters. The normalized spacial score (nSPS) is 12.8. The van der Waals surface area contributed by atoms with E-state index < -0.39 is 0 Å². The van der Waals surface area contributed by atoms with Crippen molar-refractivity contribution in [2.45, 2.75) is 71.3 Å². The molecule has 1 heterocycles. The van der Waals surface area contributed by atoms with E-state index in [1.165, 1.54) is 64.5 Å². The summed E-state index contributed by atoms with van der Waals surface area (Å²) in [4.78, 5) is 0. The summed E-state index contributed by atoms with van der Waals surface area (Å²) < 4.78 is 2.47. The molecule has 0 bridgehead atoms. The third kappa shape index (κ3) is 7.06. The Labute approximate surface area is 145 Å². The molecular formula is C16H27Br2NS.